The first-order chi connectivity index (χ1) is 17.3. The third kappa shape index (κ3) is 5.20. The number of amides is 1. The minimum absolute atomic E-state index is 0.0373. The monoisotopic (exact) mass is 523 g/mol. The van der Waals surface area contributed by atoms with E-state index >= 15 is 0 Å². The number of rotatable bonds is 6. The van der Waals surface area contributed by atoms with Crippen molar-refractivity contribution in [3.8, 4) is 11.3 Å². The Kier molecular flexibility index (Phi) is 6.40. The summed E-state index contributed by atoms with van der Waals surface area (Å²) in [6, 6.07) is 16.9. The number of hydrogen-bond donors (Lipinski definition) is 3. The summed E-state index contributed by atoms with van der Waals surface area (Å²) in [7, 11) is -3.77. The maximum absolute atomic E-state index is 13.0. The Bertz CT molecular complexity index is 1560. The minimum Gasteiger partial charge on any atom is -0.325 e. The van der Waals surface area contributed by atoms with E-state index in [1.54, 1.807) is 36.5 Å². The van der Waals surface area contributed by atoms with E-state index < -0.39 is 10.0 Å². The van der Waals surface area contributed by atoms with Gasteiger partial charge in [-0.25, -0.2) is 27.5 Å². The van der Waals surface area contributed by atoms with Gasteiger partial charge in [-0.1, -0.05) is 23.7 Å². The van der Waals surface area contributed by atoms with Gasteiger partial charge >= 0.3 is 0 Å². The number of aromatic nitrogens is 2. The molecule has 0 saturated heterocycles. The van der Waals surface area contributed by atoms with Crippen molar-refractivity contribution in [1.82, 2.24) is 14.7 Å². The molecule has 0 aliphatic carbocycles. The van der Waals surface area contributed by atoms with E-state index in [-0.39, 0.29) is 35.5 Å². The third-order valence-corrected chi connectivity index (χ3v) is 7.18. The average Bonchev–Trinajstić information content (AvgIpc) is 2.98. The molecule has 4 aromatic rings. The molecule has 1 aliphatic heterocycles. The molecular weight excluding hydrogens is 505 g/mol. The molecule has 8 nitrogen and oxygen atoms in total. The van der Waals surface area contributed by atoms with Crippen molar-refractivity contribution in [2.45, 2.75) is 17.9 Å². The highest BCUT2D eigenvalue weighted by atomic mass is 35.5. The molecule has 1 aliphatic rings. The van der Waals surface area contributed by atoms with Crippen LogP contribution in [0.4, 0.5) is 21.7 Å². The van der Waals surface area contributed by atoms with Gasteiger partial charge in [0.2, 0.25) is 21.9 Å². The molecular formula is C25H19ClFN5O3S. The molecule has 3 aromatic carbocycles. The molecule has 0 saturated carbocycles. The highest BCUT2D eigenvalue weighted by Crippen LogP contribution is 2.34. The van der Waals surface area contributed by atoms with Crippen molar-refractivity contribution >= 4 is 44.9 Å². The third-order valence-electron chi connectivity index (χ3n) is 5.53. The van der Waals surface area contributed by atoms with Crippen molar-refractivity contribution < 1.29 is 17.6 Å². The lowest BCUT2D eigenvalue weighted by molar-refractivity contribution is -0.115. The van der Waals surface area contributed by atoms with Crippen LogP contribution in [0.3, 0.4) is 0 Å². The highest BCUT2D eigenvalue weighted by Gasteiger charge is 2.21. The normalized spacial score (nSPS) is 12.8. The number of nitrogens with zero attached hydrogens (tertiary/aromatic N) is 2. The molecule has 0 atom stereocenters. The molecule has 2 heterocycles. The van der Waals surface area contributed by atoms with Crippen LogP contribution < -0.4 is 15.4 Å². The second-order valence-electron chi connectivity index (χ2n) is 8.08. The number of carbonyl (C=O) groups excluding carboxylic acids is 1. The Morgan fingerprint density at radius 3 is 2.53 bits per heavy atom. The van der Waals surface area contributed by atoms with Gasteiger partial charge < -0.3 is 10.6 Å². The second kappa shape index (κ2) is 9.65. The Balaban J connectivity index is 1.34. The Morgan fingerprint density at radius 2 is 1.78 bits per heavy atom. The summed E-state index contributed by atoms with van der Waals surface area (Å²) in [4.78, 5) is 21.2. The van der Waals surface area contributed by atoms with E-state index in [1.807, 2.05) is 0 Å². The Morgan fingerprint density at radius 1 is 1.03 bits per heavy atom. The lowest BCUT2D eigenvalue weighted by atomic mass is 10.1. The molecule has 0 fully saturated rings. The van der Waals surface area contributed by atoms with Crippen LogP contribution >= 0.6 is 11.6 Å². The van der Waals surface area contributed by atoms with E-state index in [0.29, 0.717) is 33.2 Å². The zero-order valence-corrected chi connectivity index (χ0v) is 20.2. The van der Waals surface area contributed by atoms with Gasteiger partial charge in [-0.15, -0.1) is 0 Å². The summed E-state index contributed by atoms with van der Waals surface area (Å²) < 4.78 is 40.8. The molecule has 11 heteroatoms. The fraction of sp³-hybridized carbons (Fsp3) is 0.0800. The summed E-state index contributed by atoms with van der Waals surface area (Å²) in [6.45, 7) is 0.0373. The van der Waals surface area contributed by atoms with Crippen LogP contribution in [0, 0.1) is 5.82 Å². The summed E-state index contributed by atoms with van der Waals surface area (Å²) in [6.07, 6.45) is 1.71. The van der Waals surface area contributed by atoms with Crippen LogP contribution in [0.2, 0.25) is 5.02 Å². The van der Waals surface area contributed by atoms with Gasteiger partial charge in [-0.3, -0.25) is 4.79 Å². The summed E-state index contributed by atoms with van der Waals surface area (Å²) in [5.74, 6) is -0.289. The number of benzene rings is 3. The van der Waals surface area contributed by atoms with E-state index in [4.69, 9.17) is 11.6 Å². The lowest BCUT2D eigenvalue weighted by Gasteiger charge is -2.11. The topological polar surface area (TPSA) is 113 Å². The first-order valence-electron chi connectivity index (χ1n) is 10.8. The fourth-order valence-electron chi connectivity index (χ4n) is 3.73. The van der Waals surface area contributed by atoms with Gasteiger partial charge in [0.05, 0.1) is 22.7 Å². The molecule has 0 bridgehead atoms. The number of fused-ring (bicyclic) bond motifs is 3. The minimum atomic E-state index is -3.77. The predicted molar refractivity (Wildman–Crippen MR) is 135 cm³/mol. The second-order valence-corrected chi connectivity index (χ2v) is 10.3. The zero-order chi connectivity index (χ0) is 25.3. The maximum atomic E-state index is 13.0. The van der Waals surface area contributed by atoms with Gasteiger partial charge in [0.1, 0.15) is 5.82 Å². The van der Waals surface area contributed by atoms with E-state index in [2.05, 4.69) is 25.3 Å². The molecule has 1 aromatic heterocycles. The van der Waals surface area contributed by atoms with E-state index in [0.717, 1.165) is 5.56 Å². The largest absolute Gasteiger partial charge is 0.325 e. The molecule has 1 amide bonds. The van der Waals surface area contributed by atoms with Gasteiger partial charge in [-0.2, -0.15) is 0 Å². The zero-order valence-electron chi connectivity index (χ0n) is 18.6. The lowest BCUT2D eigenvalue weighted by Crippen LogP contribution is -2.23. The van der Waals surface area contributed by atoms with Crippen LogP contribution in [-0.2, 0) is 27.8 Å². The predicted octanol–water partition coefficient (Wildman–Crippen LogP) is 4.65. The van der Waals surface area contributed by atoms with Gasteiger partial charge in [-0.05, 0) is 60.2 Å². The van der Waals surface area contributed by atoms with Gasteiger partial charge in [0.15, 0.2) is 0 Å². The first kappa shape index (κ1) is 23.9. The fourth-order valence-corrected chi connectivity index (χ4v) is 4.92. The van der Waals surface area contributed by atoms with E-state index in [1.165, 1.54) is 36.4 Å². The number of sulfonamides is 1. The molecule has 0 radical (unpaired) electrons. The average molecular weight is 524 g/mol. The number of carbonyl (C=O) groups is 1. The van der Waals surface area contributed by atoms with Gasteiger partial charge in [0, 0.05) is 34.6 Å². The summed E-state index contributed by atoms with van der Waals surface area (Å²) in [5, 5.41) is 6.39. The molecule has 0 unspecified atom stereocenters. The summed E-state index contributed by atoms with van der Waals surface area (Å²) >= 11 is 6.09. The van der Waals surface area contributed by atoms with Crippen LogP contribution in [0.15, 0.2) is 77.8 Å². The van der Waals surface area contributed by atoms with Crippen LogP contribution in [0.1, 0.15) is 11.1 Å². The van der Waals surface area contributed by atoms with Crippen LogP contribution in [0.25, 0.3) is 11.3 Å². The highest BCUT2D eigenvalue weighted by molar-refractivity contribution is 7.89. The molecule has 0 spiro atoms. The van der Waals surface area contributed by atoms with Crippen LogP contribution in [-0.4, -0.2) is 24.3 Å². The van der Waals surface area contributed by atoms with E-state index in [9.17, 15) is 17.6 Å². The van der Waals surface area contributed by atoms with Crippen molar-refractivity contribution in [3.05, 3.63) is 94.9 Å². The Labute approximate surface area is 211 Å². The number of anilines is 3. The first-order valence-corrected chi connectivity index (χ1v) is 12.7. The Hall–Kier alpha value is -3.86. The van der Waals surface area contributed by atoms with Crippen molar-refractivity contribution in [3.63, 3.8) is 0 Å². The van der Waals surface area contributed by atoms with Crippen molar-refractivity contribution in [2.24, 2.45) is 0 Å². The molecule has 5 rings (SSSR count). The van der Waals surface area contributed by atoms with Crippen molar-refractivity contribution in [2.75, 3.05) is 10.6 Å². The maximum Gasteiger partial charge on any atom is 0.240 e. The smallest absolute Gasteiger partial charge is 0.240 e. The number of halogens is 2. The molecule has 182 valence electrons. The molecule has 36 heavy (non-hydrogen) atoms. The molecule has 3 N–H and O–H groups in total. The van der Waals surface area contributed by atoms with Gasteiger partial charge in [0.25, 0.3) is 0 Å². The summed E-state index contributed by atoms with van der Waals surface area (Å²) in [5.41, 5.74) is 3.78. The number of hydrogen-bond acceptors (Lipinski definition) is 6. The van der Waals surface area contributed by atoms with Crippen molar-refractivity contribution in [1.29, 1.82) is 0 Å². The quantitative estimate of drug-likeness (QED) is 0.339. The number of nitrogens with one attached hydrogen (secondary N) is 3. The SMILES string of the molecule is O=C1Cc2cnc(Nc3ccc(S(=O)(=O)NCc4ccc(F)cc4)cc3)nc2-c2ccc(Cl)cc2N1. The van der Waals surface area contributed by atoms with Crippen LogP contribution in [0.5, 0.6) is 0 Å². The standard InChI is InChI=1S/C25H19ClFN5O3S/c26-17-3-10-21-22(12-17)31-23(33)11-16-14-28-25(32-24(16)21)30-19-6-8-20(9-7-19)36(34,35)29-13-15-1-4-18(27)5-2-15/h1-10,12,14,29H,11,13H2,(H,31,33)(H,28,30,32).